The molecule has 5 rings (SSSR count). The van der Waals surface area contributed by atoms with E-state index in [1.807, 2.05) is 0 Å². The predicted octanol–water partition coefficient (Wildman–Crippen LogP) is 4.59. The van der Waals surface area contributed by atoms with Crippen LogP contribution in [-0.2, 0) is 14.9 Å². The molecule has 0 amide bonds. The number of halogens is 2. The van der Waals surface area contributed by atoms with E-state index in [0.717, 1.165) is 12.3 Å². The van der Waals surface area contributed by atoms with Gasteiger partial charge in [-0.2, -0.15) is 12.8 Å². The lowest BCUT2D eigenvalue weighted by Crippen LogP contribution is -2.23. The number of nitrogens with zero attached hydrogens (tertiary/aromatic N) is 1. The Balaban J connectivity index is 0.00000274. The van der Waals surface area contributed by atoms with Crippen LogP contribution in [0.3, 0.4) is 0 Å². The van der Waals surface area contributed by atoms with Crippen molar-refractivity contribution in [3.8, 4) is 17.2 Å². The van der Waals surface area contributed by atoms with Gasteiger partial charge in [0.1, 0.15) is 16.0 Å². The molecule has 0 bridgehead atoms. The molecular formula is C23H17F2NO7S. The van der Waals surface area contributed by atoms with Crippen molar-refractivity contribution in [2.24, 2.45) is 0 Å². The average molecular weight is 489 g/mol. The number of benzene rings is 3. The Hall–Kier alpha value is -3.83. The van der Waals surface area contributed by atoms with Crippen LogP contribution in [0.15, 0.2) is 52.3 Å². The van der Waals surface area contributed by atoms with E-state index in [4.69, 9.17) is 9.47 Å². The minimum absolute atomic E-state index is 0. The van der Waals surface area contributed by atoms with Crippen LogP contribution in [0.2, 0.25) is 0 Å². The maximum absolute atomic E-state index is 14.7. The molecule has 0 spiro atoms. The van der Waals surface area contributed by atoms with Gasteiger partial charge in [0.15, 0.2) is 17.3 Å². The van der Waals surface area contributed by atoms with Gasteiger partial charge < -0.3 is 14.0 Å². The lowest BCUT2D eigenvalue weighted by Gasteiger charge is -2.26. The van der Waals surface area contributed by atoms with Crippen LogP contribution >= 0.6 is 0 Å². The quantitative estimate of drug-likeness (QED) is 0.291. The zero-order valence-electron chi connectivity index (χ0n) is 16.8. The molecule has 0 fully saturated rings. The number of carbonyl (C=O) groups excluding carboxylic acids is 1. The van der Waals surface area contributed by atoms with Crippen LogP contribution in [0.5, 0.6) is 11.5 Å². The van der Waals surface area contributed by atoms with E-state index in [2.05, 4.69) is 0 Å². The standard InChI is InChI=1S/C22H13F2NO7S.CH4/c1-2-31-22(27)13-9-25-18-11-6-4-3-5-10(11)16(33(28,29)30)8-15(18)32-21-17(24)14(23)7-12(19(21)25)20(13)26;/h3-9H,2H2,1H3,(H,28,29,30);1H4. The van der Waals surface area contributed by atoms with Gasteiger partial charge in [0.05, 0.1) is 17.7 Å². The Labute approximate surface area is 191 Å². The van der Waals surface area contributed by atoms with E-state index in [0.29, 0.717) is 6.07 Å². The molecule has 2 heterocycles. The van der Waals surface area contributed by atoms with Crippen molar-refractivity contribution in [3.63, 3.8) is 0 Å². The summed E-state index contributed by atoms with van der Waals surface area (Å²) in [6, 6.07) is 7.72. The minimum atomic E-state index is -4.73. The number of hydrogen-bond acceptors (Lipinski definition) is 6. The van der Waals surface area contributed by atoms with E-state index >= 15 is 0 Å². The molecule has 1 aliphatic heterocycles. The SMILES string of the molecule is C.CCOC(=O)c1cn2c3c(c(F)c(F)cc3c1=O)Oc1cc(S(=O)(=O)O)c3ccccc3c1-2. The number of rotatable bonds is 3. The number of carbonyl (C=O) groups is 1. The summed E-state index contributed by atoms with van der Waals surface area (Å²) >= 11 is 0. The number of ether oxygens (including phenoxy) is 2. The van der Waals surface area contributed by atoms with Crippen molar-refractivity contribution >= 4 is 37.8 Å². The van der Waals surface area contributed by atoms with E-state index in [1.165, 1.54) is 16.7 Å². The lowest BCUT2D eigenvalue weighted by molar-refractivity contribution is 0.0524. The van der Waals surface area contributed by atoms with Crippen molar-refractivity contribution in [3.05, 3.63) is 70.0 Å². The van der Waals surface area contributed by atoms with Crippen LogP contribution in [0.1, 0.15) is 24.7 Å². The van der Waals surface area contributed by atoms with Gasteiger partial charge in [0, 0.05) is 23.0 Å². The summed E-state index contributed by atoms with van der Waals surface area (Å²) in [5.74, 6) is -4.68. The normalized spacial score (nSPS) is 12.1. The van der Waals surface area contributed by atoms with Gasteiger partial charge in [0.2, 0.25) is 11.2 Å². The highest BCUT2D eigenvalue weighted by molar-refractivity contribution is 7.86. The number of aromatic nitrogens is 1. The Morgan fingerprint density at radius 1 is 1.15 bits per heavy atom. The fraction of sp³-hybridized carbons (Fsp3) is 0.130. The smallest absolute Gasteiger partial charge is 0.343 e. The van der Waals surface area contributed by atoms with Crippen molar-refractivity contribution in [2.75, 3.05) is 6.61 Å². The summed E-state index contributed by atoms with van der Waals surface area (Å²) in [4.78, 5) is 24.9. The predicted molar refractivity (Wildman–Crippen MR) is 120 cm³/mol. The van der Waals surface area contributed by atoms with Gasteiger partial charge in [-0.05, 0) is 13.0 Å². The summed E-state index contributed by atoms with van der Waals surface area (Å²) < 4.78 is 74.6. The first kappa shape index (κ1) is 23.3. The highest BCUT2D eigenvalue weighted by Gasteiger charge is 2.31. The zero-order chi connectivity index (χ0) is 23.7. The topological polar surface area (TPSA) is 112 Å². The summed E-state index contributed by atoms with van der Waals surface area (Å²) in [7, 11) is -4.73. The van der Waals surface area contributed by atoms with Crippen LogP contribution in [0.4, 0.5) is 8.78 Å². The van der Waals surface area contributed by atoms with E-state index in [9.17, 15) is 31.3 Å². The summed E-state index contributed by atoms with van der Waals surface area (Å²) in [6.07, 6.45) is 1.12. The third-order valence-electron chi connectivity index (χ3n) is 5.31. The number of esters is 1. The largest absolute Gasteiger partial charge is 0.462 e. The molecular weight excluding hydrogens is 472 g/mol. The molecule has 11 heteroatoms. The molecule has 4 aromatic rings. The van der Waals surface area contributed by atoms with Gasteiger partial charge in [-0.25, -0.2) is 9.18 Å². The Kier molecular flexibility index (Phi) is 5.41. The van der Waals surface area contributed by atoms with Gasteiger partial charge in [-0.15, -0.1) is 0 Å². The van der Waals surface area contributed by atoms with Crippen LogP contribution in [-0.4, -0.2) is 30.1 Å². The third kappa shape index (κ3) is 3.24. The molecule has 0 unspecified atom stereocenters. The van der Waals surface area contributed by atoms with Crippen molar-refractivity contribution in [2.45, 2.75) is 19.2 Å². The monoisotopic (exact) mass is 489 g/mol. The van der Waals surface area contributed by atoms with Crippen molar-refractivity contribution in [1.29, 1.82) is 0 Å². The average Bonchev–Trinajstić information content (AvgIpc) is 2.77. The van der Waals surface area contributed by atoms with E-state index in [-0.39, 0.29) is 47.1 Å². The first-order valence-corrected chi connectivity index (χ1v) is 11.0. The molecule has 0 atom stereocenters. The van der Waals surface area contributed by atoms with E-state index in [1.54, 1.807) is 19.1 Å². The first-order valence-electron chi connectivity index (χ1n) is 9.59. The van der Waals surface area contributed by atoms with Crippen molar-refractivity contribution in [1.82, 2.24) is 4.57 Å². The molecule has 1 aromatic heterocycles. The molecule has 3 aromatic carbocycles. The number of pyridine rings is 1. The Morgan fingerprint density at radius 3 is 2.47 bits per heavy atom. The van der Waals surface area contributed by atoms with Crippen LogP contribution < -0.4 is 10.2 Å². The van der Waals surface area contributed by atoms with Gasteiger partial charge in [-0.1, -0.05) is 31.7 Å². The second-order valence-corrected chi connectivity index (χ2v) is 8.59. The molecule has 0 radical (unpaired) electrons. The number of fused-ring (bicyclic) bond motifs is 4. The van der Waals surface area contributed by atoms with Crippen LogP contribution in [0.25, 0.3) is 27.4 Å². The van der Waals surface area contributed by atoms with Gasteiger partial charge in [0.25, 0.3) is 10.1 Å². The summed E-state index contributed by atoms with van der Waals surface area (Å²) in [5, 5.41) is 0.0266. The second kappa shape index (κ2) is 7.89. The number of hydrogen-bond donors (Lipinski definition) is 1. The highest BCUT2D eigenvalue weighted by Crippen LogP contribution is 2.46. The molecule has 1 aliphatic rings. The zero-order valence-corrected chi connectivity index (χ0v) is 17.6. The van der Waals surface area contributed by atoms with Gasteiger partial charge in [-0.3, -0.25) is 9.35 Å². The molecule has 8 nitrogen and oxygen atoms in total. The molecule has 0 saturated heterocycles. The minimum Gasteiger partial charge on any atom is -0.462 e. The first-order chi connectivity index (χ1) is 15.6. The van der Waals surface area contributed by atoms with Crippen LogP contribution in [0, 0.1) is 11.6 Å². The lowest BCUT2D eigenvalue weighted by atomic mass is 10.0. The fourth-order valence-electron chi connectivity index (χ4n) is 3.98. The molecule has 176 valence electrons. The molecule has 0 aliphatic carbocycles. The van der Waals surface area contributed by atoms with E-state index < -0.39 is 49.4 Å². The van der Waals surface area contributed by atoms with Gasteiger partial charge >= 0.3 is 5.97 Å². The molecule has 34 heavy (non-hydrogen) atoms. The fourth-order valence-corrected chi connectivity index (χ4v) is 4.69. The molecule has 0 saturated carbocycles. The Bertz CT molecular complexity index is 1690. The highest BCUT2D eigenvalue weighted by atomic mass is 32.2. The molecule has 1 N–H and O–H groups in total. The summed E-state index contributed by atoms with van der Waals surface area (Å²) in [6.45, 7) is 1.51. The Morgan fingerprint density at radius 2 is 1.82 bits per heavy atom. The second-order valence-electron chi connectivity index (χ2n) is 7.20. The summed E-state index contributed by atoms with van der Waals surface area (Å²) in [5.41, 5.74) is -1.31. The maximum atomic E-state index is 14.7. The van der Waals surface area contributed by atoms with Crippen molar-refractivity contribution < 1.29 is 36.0 Å². The maximum Gasteiger partial charge on any atom is 0.343 e. The third-order valence-corrected chi connectivity index (χ3v) is 6.20.